The van der Waals surface area contributed by atoms with Crippen LogP contribution in [0.2, 0.25) is 5.02 Å². The Hall–Kier alpha value is -3.44. The Morgan fingerprint density at radius 1 is 1.12 bits per heavy atom. The highest BCUT2D eigenvalue weighted by molar-refractivity contribution is 6.30. The van der Waals surface area contributed by atoms with E-state index in [0.29, 0.717) is 29.9 Å². The molecule has 8 nitrogen and oxygen atoms in total. The zero-order valence-electron chi connectivity index (χ0n) is 22.2. The number of likely N-dealkylation sites (tertiary alicyclic amines) is 1. The normalized spacial score (nSPS) is 15.6. The van der Waals surface area contributed by atoms with Crippen molar-refractivity contribution in [2.24, 2.45) is 5.92 Å². The van der Waals surface area contributed by atoms with Gasteiger partial charge in [-0.05, 0) is 43.1 Å². The van der Waals surface area contributed by atoms with Crippen LogP contribution in [-0.4, -0.2) is 63.5 Å². The molecule has 0 spiro atoms. The lowest BCUT2D eigenvalue weighted by Crippen LogP contribution is -2.42. The quantitative estimate of drug-likeness (QED) is 0.406. The van der Waals surface area contributed by atoms with E-state index in [9.17, 15) is 22.8 Å². The van der Waals surface area contributed by atoms with Crippen molar-refractivity contribution in [3.8, 4) is 0 Å². The van der Waals surface area contributed by atoms with Gasteiger partial charge >= 0.3 is 12.1 Å². The van der Waals surface area contributed by atoms with E-state index in [2.05, 4.69) is 10.2 Å². The van der Waals surface area contributed by atoms with E-state index in [4.69, 9.17) is 26.6 Å². The van der Waals surface area contributed by atoms with Crippen molar-refractivity contribution in [1.82, 2.24) is 20.0 Å². The number of fused-ring (bicyclic) bond motifs is 1. The van der Waals surface area contributed by atoms with Gasteiger partial charge in [-0.1, -0.05) is 55.8 Å². The Kier molecular flexibility index (Phi) is 10.7. The fourth-order valence-electron chi connectivity index (χ4n) is 4.48. The lowest BCUT2D eigenvalue weighted by Gasteiger charge is -2.25. The van der Waals surface area contributed by atoms with E-state index in [1.54, 1.807) is 4.68 Å². The first-order valence-electron chi connectivity index (χ1n) is 12.9. The number of alkyl halides is 3. The first kappa shape index (κ1) is 31.1. The van der Waals surface area contributed by atoms with Crippen LogP contribution in [0.1, 0.15) is 37.9 Å². The number of hydrogen-bond donors (Lipinski definition) is 2. The number of hydrogen-bond acceptors (Lipinski definition) is 5. The monoisotopic (exact) mass is 580 g/mol. The average molecular weight is 581 g/mol. The Labute approximate surface area is 234 Å². The van der Waals surface area contributed by atoms with Gasteiger partial charge in [0.2, 0.25) is 5.91 Å². The predicted octanol–water partition coefficient (Wildman–Crippen LogP) is 4.51. The van der Waals surface area contributed by atoms with Crippen LogP contribution in [-0.2, 0) is 22.6 Å². The molecule has 1 atom stereocenters. The van der Waals surface area contributed by atoms with E-state index < -0.39 is 12.1 Å². The lowest BCUT2D eigenvalue weighted by atomic mass is 10.0. The molecular formula is C28H32ClF3N4O4. The van der Waals surface area contributed by atoms with E-state index in [-0.39, 0.29) is 23.4 Å². The smallest absolute Gasteiger partial charge is 0.475 e. The zero-order valence-corrected chi connectivity index (χ0v) is 23.0. The van der Waals surface area contributed by atoms with Crippen molar-refractivity contribution in [3.63, 3.8) is 0 Å². The van der Waals surface area contributed by atoms with Gasteiger partial charge in [0.05, 0.1) is 17.6 Å². The Morgan fingerprint density at radius 2 is 1.75 bits per heavy atom. The molecule has 12 heteroatoms. The Morgan fingerprint density at radius 3 is 2.35 bits per heavy atom. The summed E-state index contributed by atoms with van der Waals surface area (Å²) in [7, 11) is 0. The third-order valence-electron chi connectivity index (χ3n) is 6.58. The first-order valence-corrected chi connectivity index (χ1v) is 13.3. The van der Waals surface area contributed by atoms with Gasteiger partial charge in [0.15, 0.2) is 0 Å². The molecule has 0 bridgehead atoms. The fourth-order valence-corrected chi connectivity index (χ4v) is 4.60. The number of aliphatic carboxylic acids is 1. The predicted molar refractivity (Wildman–Crippen MR) is 146 cm³/mol. The summed E-state index contributed by atoms with van der Waals surface area (Å²) in [6, 6.07) is 15.7. The number of aromatic nitrogens is 2. The summed E-state index contributed by atoms with van der Waals surface area (Å²) in [5.74, 6) is -2.70. The molecule has 2 aromatic carbocycles. The van der Waals surface area contributed by atoms with Crippen LogP contribution < -0.4 is 10.9 Å². The first-order chi connectivity index (χ1) is 18.9. The molecule has 0 aliphatic carbocycles. The minimum Gasteiger partial charge on any atom is -0.475 e. The number of halogens is 4. The number of carbonyl (C=O) groups is 2. The summed E-state index contributed by atoms with van der Waals surface area (Å²) in [6.07, 6.45) is -2.35. The topological polar surface area (TPSA) is 105 Å². The van der Waals surface area contributed by atoms with Crippen LogP contribution in [0.25, 0.3) is 10.8 Å². The number of benzene rings is 2. The van der Waals surface area contributed by atoms with Crippen LogP contribution in [0.3, 0.4) is 0 Å². The number of amides is 1. The molecule has 2 heterocycles. The van der Waals surface area contributed by atoms with E-state index in [1.165, 1.54) is 0 Å². The molecular weight excluding hydrogens is 549 g/mol. The number of carboxylic acids is 1. The molecule has 216 valence electrons. The molecule has 1 fully saturated rings. The number of nitrogens with zero attached hydrogens (tertiary/aromatic N) is 3. The number of carboxylic acid groups (broad SMARTS) is 1. The van der Waals surface area contributed by atoms with Crippen molar-refractivity contribution in [2.45, 2.75) is 51.9 Å². The van der Waals surface area contributed by atoms with Gasteiger partial charge in [0.25, 0.3) is 5.56 Å². The maximum Gasteiger partial charge on any atom is 0.490 e. The summed E-state index contributed by atoms with van der Waals surface area (Å²) in [6.45, 7) is 6.72. The molecule has 0 saturated carbocycles. The van der Waals surface area contributed by atoms with Gasteiger partial charge in [0.1, 0.15) is 0 Å². The highest BCUT2D eigenvalue weighted by atomic mass is 35.5. The molecule has 3 aromatic rings. The zero-order chi connectivity index (χ0) is 29.4. The van der Waals surface area contributed by atoms with Crippen LogP contribution in [0.15, 0.2) is 53.3 Å². The molecule has 4 rings (SSSR count). The summed E-state index contributed by atoms with van der Waals surface area (Å²) >= 11 is 6.04. The Balaban J connectivity index is 0.000000559. The number of carbonyl (C=O) groups excluding carboxylic acids is 1. The molecule has 1 aliphatic heterocycles. The molecule has 40 heavy (non-hydrogen) atoms. The van der Waals surface area contributed by atoms with Crippen molar-refractivity contribution >= 4 is 34.2 Å². The van der Waals surface area contributed by atoms with Gasteiger partial charge in [-0.3, -0.25) is 14.5 Å². The third kappa shape index (κ3) is 8.53. The highest BCUT2D eigenvalue weighted by Crippen LogP contribution is 2.21. The molecule has 2 N–H and O–H groups in total. The highest BCUT2D eigenvalue weighted by Gasteiger charge is 2.38. The maximum atomic E-state index is 13.3. The van der Waals surface area contributed by atoms with E-state index in [1.807, 2.05) is 62.4 Å². The lowest BCUT2D eigenvalue weighted by molar-refractivity contribution is -0.192. The van der Waals surface area contributed by atoms with Gasteiger partial charge in [-0.25, -0.2) is 9.48 Å². The fraction of sp³-hybridized carbons (Fsp3) is 0.429. The minimum atomic E-state index is -5.08. The van der Waals surface area contributed by atoms with Crippen molar-refractivity contribution in [1.29, 1.82) is 0 Å². The molecule has 0 radical (unpaired) electrons. The van der Waals surface area contributed by atoms with Gasteiger partial charge in [0, 0.05) is 41.9 Å². The van der Waals surface area contributed by atoms with Crippen LogP contribution >= 0.6 is 11.6 Å². The molecule has 1 saturated heterocycles. The van der Waals surface area contributed by atoms with Gasteiger partial charge < -0.3 is 10.4 Å². The Bertz CT molecular complexity index is 1380. The summed E-state index contributed by atoms with van der Waals surface area (Å²) in [5.41, 5.74) is 1.94. The molecule has 1 amide bonds. The summed E-state index contributed by atoms with van der Waals surface area (Å²) < 4.78 is 33.4. The van der Waals surface area contributed by atoms with Crippen molar-refractivity contribution in [2.75, 3.05) is 19.6 Å². The van der Waals surface area contributed by atoms with Crippen LogP contribution in [0.5, 0.6) is 0 Å². The van der Waals surface area contributed by atoms with Gasteiger partial charge in [-0.2, -0.15) is 18.3 Å². The van der Waals surface area contributed by atoms with Gasteiger partial charge in [-0.15, -0.1) is 0 Å². The summed E-state index contributed by atoms with van der Waals surface area (Å²) in [4.78, 5) is 36.4. The van der Waals surface area contributed by atoms with Crippen molar-refractivity contribution in [3.05, 3.63) is 75.2 Å². The molecule has 0 unspecified atom stereocenters. The number of nitrogens with one attached hydrogen (secondary N) is 1. The maximum absolute atomic E-state index is 13.3. The van der Waals surface area contributed by atoms with E-state index in [0.717, 1.165) is 42.6 Å². The SMILES string of the molecule is CC(C)C(=O)NCCN1CCC[C@@H]1Cn1nc(Cc2ccc(Cl)cc2)c2ccccc2c1=O.O=C(O)C(F)(F)F. The second-order valence-electron chi connectivity index (χ2n) is 9.86. The van der Waals surface area contributed by atoms with Crippen molar-refractivity contribution < 1.29 is 27.9 Å². The van der Waals surface area contributed by atoms with E-state index >= 15 is 0 Å². The number of rotatable bonds is 8. The largest absolute Gasteiger partial charge is 0.490 e. The third-order valence-corrected chi connectivity index (χ3v) is 6.83. The molecule has 1 aromatic heterocycles. The standard InChI is InChI=1S/C26H31ClN4O2.C2HF3O2/c1-18(2)25(32)28-13-15-30-14-5-6-21(30)17-31-26(33)23-8-4-3-7-22(23)24(29-31)16-19-9-11-20(27)12-10-19;3-2(4,5)1(6)7/h3-4,7-12,18,21H,5-6,13-17H2,1-2H3,(H,28,32);(H,6,7)/t21-;/m1./s1. The second kappa shape index (κ2) is 13.8. The average Bonchev–Trinajstić information content (AvgIpc) is 3.34. The van der Waals surface area contributed by atoms with Crippen LogP contribution in [0.4, 0.5) is 13.2 Å². The van der Waals surface area contributed by atoms with Crippen LogP contribution in [0, 0.1) is 5.92 Å². The second-order valence-corrected chi connectivity index (χ2v) is 10.3. The molecule has 1 aliphatic rings. The summed E-state index contributed by atoms with van der Waals surface area (Å²) in [5, 5.41) is 17.2. The minimum absolute atomic E-state index is 0.0150.